The number of rotatable bonds is 6. The molecule has 2 fully saturated rings. The number of morpholine rings is 1. The first kappa shape index (κ1) is 20.7. The molecule has 2 aliphatic heterocycles. The van der Waals surface area contributed by atoms with Gasteiger partial charge in [-0.05, 0) is 61.2 Å². The molecule has 0 saturated carbocycles. The number of hydrogen-bond acceptors (Lipinski definition) is 6. The summed E-state index contributed by atoms with van der Waals surface area (Å²) in [5.74, 6) is 1.69. The minimum absolute atomic E-state index is 0.0186. The third kappa shape index (κ3) is 3.70. The zero-order valence-corrected chi connectivity index (χ0v) is 19.1. The topological polar surface area (TPSA) is 92.8 Å². The Morgan fingerprint density at radius 3 is 2.88 bits per heavy atom. The lowest BCUT2D eigenvalue weighted by atomic mass is 10.1. The van der Waals surface area contributed by atoms with E-state index >= 15 is 0 Å². The van der Waals surface area contributed by atoms with Crippen molar-refractivity contribution < 1.29 is 17.9 Å². The van der Waals surface area contributed by atoms with Crippen molar-refractivity contribution in [3.8, 4) is 5.75 Å². The summed E-state index contributed by atoms with van der Waals surface area (Å²) >= 11 is 0. The molecule has 0 amide bonds. The van der Waals surface area contributed by atoms with Gasteiger partial charge in [0.05, 0.1) is 43.1 Å². The highest BCUT2D eigenvalue weighted by atomic mass is 32.2. The molecule has 0 radical (unpaired) electrons. The number of nitrogens with zero attached hydrogens (tertiary/aromatic N) is 2. The molecule has 2 saturated heterocycles. The van der Waals surface area contributed by atoms with Gasteiger partial charge in [-0.1, -0.05) is 12.1 Å². The van der Waals surface area contributed by atoms with Crippen LogP contribution in [-0.2, 0) is 21.4 Å². The standard InChI is InChI=1S/C24H26N4O4S/c1-31-22-4-2-3-15-5-8-21(24(15)22)26-23-10-6-16-11-17(7-9-20(16)25-23)27-33(29,30)28-13-19-12-18(28)14-32-19/h2-4,6-7,9-11,18-19,21,27H,5,8,12-14H2,1H3,(H,25,26)/t18-,19-,21?/m0/s1. The molecule has 6 rings (SSSR count). The Kier molecular flexibility index (Phi) is 4.93. The van der Waals surface area contributed by atoms with E-state index in [0.717, 1.165) is 41.7 Å². The van der Waals surface area contributed by atoms with Gasteiger partial charge in [0.15, 0.2) is 0 Å². The molecule has 2 aromatic carbocycles. The summed E-state index contributed by atoms with van der Waals surface area (Å²) in [7, 11) is -1.91. The van der Waals surface area contributed by atoms with E-state index in [2.05, 4.69) is 16.1 Å². The monoisotopic (exact) mass is 466 g/mol. The number of benzene rings is 2. The highest BCUT2D eigenvalue weighted by Gasteiger charge is 2.45. The second-order valence-electron chi connectivity index (χ2n) is 8.89. The zero-order chi connectivity index (χ0) is 22.6. The number of pyridine rings is 1. The average molecular weight is 467 g/mol. The molecule has 3 atom stereocenters. The van der Waals surface area contributed by atoms with Gasteiger partial charge in [-0.25, -0.2) is 4.98 Å². The lowest BCUT2D eigenvalue weighted by molar-refractivity contribution is 0.0611. The summed E-state index contributed by atoms with van der Waals surface area (Å²) < 4.78 is 41.0. The van der Waals surface area contributed by atoms with Crippen LogP contribution in [0.4, 0.5) is 11.5 Å². The second-order valence-corrected chi connectivity index (χ2v) is 10.5. The van der Waals surface area contributed by atoms with Gasteiger partial charge in [0.2, 0.25) is 0 Å². The largest absolute Gasteiger partial charge is 0.496 e. The van der Waals surface area contributed by atoms with Crippen LogP contribution in [-0.4, -0.2) is 50.1 Å². The van der Waals surface area contributed by atoms with Crippen molar-refractivity contribution in [1.82, 2.24) is 9.29 Å². The predicted molar refractivity (Wildman–Crippen MR) is 127 cm³/mol. The van der Waals surface area contributed by atoms with Crippen LogP contribution in [0.15, 0.2) is 48.5 Å². The first-order valence-corrected chi connectivity index (χ1v) is 12.7. The van der Waals surface area contributed by atoms with E-state index in [1.165, 1.54) is 15.4 Å². The molecule has 2 N–H and O–H groups in total. The Balaban J connectivity index is 1.21. The number of hydrogen-bond donors (Lipinski definition) is 2. The molecule has 1 aliphatic carbocycles. The van der Waals surface area contributed by atoms with Crippen LogP contribution in [0.5, 0.6) is 5.75 Å². The maximum Gasteiger partial charge on any atom is 0.302 e. The van der Waals surface area contributed by atoms with Gasteiger partial charge in [0, 0.05) is 17.5 Å². The summed E-state index contributed by atoms with van der Waals surface area (Å²) in [6, 6.07) is 15.6. The number of nitrogens with one attached hydrogen (secondary N) is 2. The molecule has 172 valence electrons. The highest BCUT2D eigenvalue weighted by Crippen LogP contribution is 2.39. The van der Waals surface area contributed by atoms with Gasteiger partial charge < -0.3 is 14.8 Å². The minimum atomic E-state index is -3.61. The number of methoxy groups -OCH3 is 1. The first-order chi connectivity index (χ1) is 16.0. The smallest absolute Gasteiger partial charge is 0.302 e. The van der Waals surface area contributed by atoms with Crippen LogP contribution >= 0.6 is 0 Å². The van der Waals surface area contributed by atoms with Crippen molar-refractivity contribution in [2.45, 2.75) is 37.5 Å². The number of aryl methyl sites for hydroxylation is 1. The van der Waals surface area contributed by atoms with Gasteiger partial charge in [-0.3, -0.25) is 4.72 Å². The molecule has 3 heterocycles. The van der Waals surface area contributed by atoms with Crippen LogP contribution in [0.1, 0.15) is 30.0 Å². The third-order valence-corrected chi connectivity index (χ3v) is 8.40. The Hall–Kier alpha value is -2.88. The SMILES string of the molecule is COc1cccc2c1C(Nc1ccc3cc(NS(=O)(=O)N4C[C@@H]5C[C@H]4CO5)ccc3n1)CC2. The number of aromatic nitrogens is 1. The van der Waals surface area contributed by atoms with Gasteiger partial charge in [0.25, 0.3) is 0 Å². The third-order valence-electron chi connectivity index (χ3n) is 6.84. The fourth-order valence-corrected chi connectivity index (χ4v) is 6.73. The van der Waals surface area contributed by atoms with Crippen LogP contribution in [0.25, 0.3) is 10.9 Å². The molecule has 8 nitrogen and oxygen atoms in total. The maximum absolute atomic E-state index is 12.9. The van der Waals surface area contributed by atoms with Crippen molar-refractivity contribution in [3.63, 3.8) is 0 Å². The summed E-state index contributed by atoms with van der Waals surface area (Å²) in [4.78, 5) is 4.76. The van der Waals surface area contributed by atoms with Gasteiger partial charge in [-0.15, -0.1) is 0 Å². The van der Waals surface area contributed by atoms with E-state index in [-0.39, 0.29) is 18.2 Å². The second kappa shape index (κ2) is 7.86. The Morgan fingerprint density at radius 2 is 2.09 bits per heavy atom. The molecule has 33 heavy (non-hydrogen) atoms. The lowest BCUT2D eigenvalue weighted by Gasteiger charge is -2.26. The average Bonchev–Trinajstić information content (AvgIpc) is 3.55. The van der Waals surface area contributed by atoms with Crippen LogP contribution < -0.4 is 14.8 Å². The van der Waals surface area contributed by atoms with Gasteiger partial charge in [0.1, 0.15) is 11.6 Å². The van der Waals surface area contributed by atoms with Crippen molar-refractivity contribution in [2.24, 2.45) is 0 Å². The Labute approximate surface area is 193 Å². The van der Waals surface area contributed by atoms with E-state index in [0.29, 0.717) is 18.8 Å². The summed E-state index contributed by atoms with van der Waals surface area (Å²) in [6.45, 7) is 0.888. The van der Waals surface area contributed by atoms with Crippen molar-refractivity contribution in [3.05, 3.63) is 59.7 Å². The molecular formula is C24H26N4O4S. The van der Waals surface area contributed by atoms with Crippen molar-refractivity contribution in [1.29, 1.82) is 0 Å². The van der Waals surface area contributed by atoms with Crippen LogP contribution in [0.2, 0.25) is 0 Å². The van der Waals surface area contributed by atoms with E-state index in [1.54, 1.807) is 13.2 Å². The molecule has 9 heteroatoms. The molecule has 3 aromatic rings. The molecule has 1 unspecified atom stereocenters. The Bertz CT molecular complexity index is 1330. The molecular weight excluding hydrogens is 440 g/mol. The lowest BCUT2D eigenvalue weighted by Crippen LogP contribution is -2.44. The zero-order valence-electron chi connectivity index (χ0n) is 18.3. The first-order valence-electron chi connectivity index (χ1n) is 11.2. The summed E-state index contributed by atoms with van der Waals surface area (Å²) in [5, 5.41) is 4.42. The predicted octanol–water partition coefficient (Wildman–Crippen LogP) is 3.47. The summed E-state index contributed by atoms with van der Waals surface area (Å²) in [5.41, 5.74) is 3.84. The highest BCUT2D eigenvalue weighted by molar-refractivity contribution is 7.90. The molecule has 1 aromatic heterocycles. The quantitative estimate of drug-likeness (QED) is 0.578. The van der Waals surface area contributed by atoms with E-state index < -0.39 is 10.2 Å². The fourth-order valence-electron chi connectivity index (χ4n) is 5.28. The number of ether oxygens (including phenoxy) is 2. The fraction of sp³-hybridized carbons (Fsp3) is 0.375. The van der Waals surface area contributed by atoms with Gasteiger partial charge in [-0.2, -0.15) is 12.7 Å². The van der Waals surface area contributed by atoms with Crippen LogP contribution in [0.3, 0.4) is 0 Å². The molecule has 2 bridgehead atoms. The number of fused-ring (bicyclic) bond motifs is 4. The van der Waals surface area contributed by atoms with E-state index in [1.807, 2.05) is 36.4 Å². The Morgan fingerprint density at radius 1 is 1.18 bits per heavy atom. The van der Waals surface area contributed by atoms with Crippen molar-refractivity contribution >= 4 is 32.6 Å². The summed E-state index contributed by atoms with van der Waals surface area (Å²) in [6.07, 6.45) is 2.78. The van der Waals surface area contributed by atoms with E-state index in [4.69, 9.17) is 14.5 Å². The number of anilines is 2. The molecule has 3 aliphatic rings. The van der Waals surface area contributed by atoms with Crippen molar-refractivity contribution in [2.75, 3.05) is 30.3 Å². The van der Waals surface area contributed by atoms with Gasteiger partial charge >= 0.3 is 10.2 Å². The van der Waals surface area contributed by atoms with Crippen LogP contribution in [0, 0.1) is 0 Å². The minimum Gasteiger partial charge on any atom is -0.496 e. The van der Waals surface area contributed by atoms with E-state index in [9.17, 15) is 8.42 Å². The molecule has 0 spiro atoms. The normalized spacial score (nSPS) is 24.2. The maximum atomic E-state index is 12.9.